The average Bonchev–Trinajstić information content (AvgIpc) is 2.70. The number of hydrogen-bond donors (Lipinski definition) is 0. The molecule has 1 aliphatic heterocycles. The number of halogens is 1. The van der Waals surface area contributed by atoms with Gasteiger partial charge in [0.15, 0.2) is 9.84 Å². The van der Waals surface area contributed by atoms with Crippen molar-refractivity contribution in [3.8, 4) is 0 Å². The van der Waals surface area contributed by atoms with Gasteiger partial charge >= 0.3 is 0 Å². The van der Waals surface area contributed by atoms with Crippen LogP contribution in [-0.4, -0.2) is 48.3 Å². The van der Waals surface area contributed by atoms with Crippen molar-refractivity contribution in [3.63, 3.8) is 0 Å². The summed E-state index contributed by atoms with van der Waals surface area (Å²) in [7, 11) is -2.99. The smallest absolute Gasteiger partial charge is 0.254 e. The summed E-state index contributed by atoms with van der Waals surface area (Å²) in [5.41, 5.74) is 0.521. The maximum atomic E-state index is 12.4. The summed E-state index contributed by atoms with van der Waals surface area (Å²) < 4.78 is 23.6. The lowest BCUT2D eigenvalue weighted by Crippen LogP contribution is -2.41. The van der Waals surface area contributed by atoms with Crippen LogP contribution < -0.4 is 0 Å². The highest BCUT2D eigenvalue weighted by Gasteiger charge is 2.34. The van der Waals surface area contributed by atoms with Gasteiger partial charge in [-0.25, -0.2) is 13.4 Å². The van der Waals surface area contributed by atoms with E-state index in [1.165, 1.54) is 0 Å². The zero-order chi connectivity index (χ0) is 14.0. The lowest BCUT2D eigenvalue weighted by molar-refractivity contribution is 0.0708. The molecule has 0 N–H and O–H groups in total. The molecule has 1 atom stereocenters. The van der Waals surface area contributed by atoms with Gasteiger partial charge in [-0.15, -0.1) is 0 Å². The number of rotatable bonds is 3. The van der Waals surface area contributed by atoms with Gasteiger partial charge in [-0.2, -0.15) is 0 Å². The Labute approximate surface area is 121 Å². The van der Waals surface area contributed by atoms with Crippen LogP contribution in [0.15, 0.2) is 22.9 Å². The third-order valence-corrected chi connectivity index (χ3v) is 5.41. The van der Waals surface area contributed by atoms with Crippen LogP contribution in [0.5, 0.6) is 0 Å². The average molecular weight is 347 g/mol. The second-order valence-corrected chi connectivity index (χ2v) is 7.56. The molecule has 1 aromatic rings. The molecule has 1 fully saturated rings. The van der Waals surface area contributed by atoms with E-state index in [9.17, 15) is 13.2 Å². The van der Waals surface area contributed by atoms with Gasteiger partial charge in [0.05, 0.1) is 11.5 Å². The first kappa shape index (κ1) is 14.5. The Morgan fingerprint density at radius 2 is 2.32 bits per heavy atom. The quantitative estimate of drug-likeness (QED) is 0.777. The van der Waals surface area contributed by atoms with E-state index in [-0.39, 0.29) is 23.5 Å². The van der Waals surface area contributed by atoms with Gasteiger partial charge in [-0.3, -0.25) is 4.79 Å². The van der Waals surface area contributed by atoms with E-state index in [0.29, 0.717) is 23.1 Å². The SMILES string of the molecule is CCN(C(=O)c1ccnc(Br)c1)C1CCS(=O)(=O)C1. The van der Waals surface area contributed by atoms with Crippen LogP contribution in [0, 0.1) is 0 Å². The standard InChI is InChI=1S/C12H15BrN2O3S/c1-2-15(10-4-6-19(17,18)8-10)12(16)9-3-5-14-11(13)7-9/h3,5,7,10H,2,4,6,8H2,1H3. The summed E-state index contributed by atoms with van der Waals surface area (Å²) in [6, 6.07) is 3.07. The highest BCUT2D eigenvalue weighted by molar-refractivity contribution is 9.10. The molecule has 1 aromatic heterocycles. The number of hydrogen-bond acceptors (Lipinski definition) is 4. The van der Waals surface area contributed by atoms with E-state index < -0.39 is 9.84 Å². The molecule has 0 radical (unpaired) electrons. The Hall–Kier alpha value is -0.950. The molecule has 1 saturated heterocycles. The van der Waals surface area contributed by atoms with E-state index in [2.05, 4.69) is 20.9 Å². The van der Waals surface area contributed by atoms with E-state index in [1.807, 2.05) is 6.92 Å². The molecule has 2 heterocycles. The molecule has 5 nitrogen and oxygen atoms in total. The van der Waals surface area contributed by atoms with Gasteiger partial charge in [-0.1, -0.05) is 0 Å². The number of sulfone groups is 1. The summed E-state index contributed by atoms with van der Waals surface area (Å²) >= 11 is 3.23. The monoisotopic (exact) mass is 346 g/mol. The normalized spacial score (nSPS) is 21.3. The molecule has 104 valence electrons. The van der Waals surface area contributed by atoms with Crippen LogP contribution in [0.3, 0.4) is 0 Å². The minimum atomic E-state index is -2.99. The maximum absolute atomic E-state index is 12.4. The number of carbonyl (C=O) groups excluding carboxylic acids is 1. The van der Waals surface area contributed by atoms with E-state index >= 15 is 0 Å². The predicted molar refractivity (Wildman–Crippen MR) is 75.7 cm³/mol. The summed E-state index contributed by atoms with van der Waals surface area (Å²) in [6.45, 7) is 2.36. The fourth-order valence-corrected chi connectivity index (χ4v) is 4.39. The number of pyridine rings is 1. The van der Waals surface area contributed by atoms with Crippen molar-refractivity contribution in [3.05, 3.63) is 28.5 Å². The third-order valence-electron chi connectivity index (χ3n) is 3.22. The number of aromatic nitrogens is 1. The van der Waals surface area contributed by atoms with Crippen molar-refractivity contribution in [2.24, 2.45) is 0 Å². The molecule has 2 rings (SSSR count). The van der Waals surface area contributed by atoms with Crippen LogP contribution in [-0.2, 0) is 9.84 Å². The molecule has 1 amide bonds. The summed E-state index contributed by atoms with van der Waals surface area (Å²) in [6.07, 6.45) is 2.07. The molecule has 7 heteroatoms. The molecule has 19 heavy (non-hydrogen) atoms. The van der Waals surface area contributed by atoms with Crippen molar-refractivity contribution in [1.82, 2.24) is 9.88 Å². The van der Waals surface area contributed by atoms with Gasteiger partial charge in [0.25, 0.3) is 5.91 Å². The van der Waals surface area contributed by atoms with Crippen LogP contribution in [0.4, 0.5) is 0 Å². The van der Waals surface area contributed by atoms with Crippen molar-refractivity contribution in [2.75, 3.05) is 18.1 Å². The summed E-state index contributed by atoms with van der Waals surface area (Å²) in [5, 5.41) is 0. The van der Waals surface area contributed by atoms with Gasteiger partial charge < -0.3 is 4.90 Å². The van der Waals surface area contributed by atoms with Crippen molar-refractivity contribution >= 4 is 31.7 Å². The van der Waals surface area contributed by atoms with Crippen molar-refractivity contribution < 1.29 is 13.2 Å². The fourth-order valence-electron chi connectivity index (χ4n) is 2.29. The van der Waals surface area contributed by atoms with Gasteiger partial charge in [-0.05, 0) is 41.4 Å². The molecular formula is C12H15BrN2O3S. The highest BCUT2D eigenvalue weighted by Crippen LogP contribution is 2.20. The van der Waals surface area contributed by atoms with Crippen LogP contribution in [0.1, 0.15) is 23.7 Å². The number of amides is 1. The summed E-state index contributed by atoms with van der Waals surface area (Å²) in [5.74, 6) is 0.0908. The predicted octanol–water partition coefficient (Wildman–Crippen LogP) is 1.49. The summed E-state index contributed by atoms with van der Waals surface area (Å²) in [4.78, 5) is 18.0. The molecular weight excluding hydrogens is 332 g/mol. The number of nitrogens with zero attached hydrogens (tertiary/aromatic N) is 2. The van der Waals surface area contributed by atoms with Crippen LogP contribution in [0.2, 0.25) is 0 Å². The molecule has 0 bridgehead atoms. The minimum Gasteiger partial charge on any atom is -0.335 e. The molecule has 1 unspecified atom stereocenters. The first-order valence-corrected chi connectivity index (χ1v) is 8.67. The van der Waals surface area contributed by atoms with E-state index in [1.54, 1.807) is 23.2 Å². The molecule has 0 spiro atoms. The first-order chi connectivity index (χ1) is 8.93. The Bertz CT molecular complexity index is 588. The number of carbonyl (C=O) groups is 1. The van der Waals surface area contributed by atoms with Crippen LogP contribution >= 0.6 is 15.9 Å². The van der Waals surface area contributed by atoms with Gasteiger partial charge in [0.1, 0.15) is 4.60 Å². The Morgan fingerprint density at radius 1 is 1.58 bits per heavy atom. The Morgan fingerprint density at radius 3 is 2.84 bits per heavy atom. The Kier molecular flexibility index (Phi) is 4.25. The molecule has 0 aliphatic carbocycles. The minimum absolute atomic E-state index is 0.0683. The second-order valence-electron chi connectivity index (χ2n) is 4.52. The lowest BCUT2D eigenvalue weighted by Gasteiger charge is -2.26. The zero-order valence-electron chi connectivity index (χ0n) is 10.5. The van der Waals surface area contributed by atoms with Crippen molar-refractivity contribution in [1.29, 1.82) is 0 Å². The molecule has 0 saturated carbocycles. The second kappa shape index (κ2) is 5.58. The zero-order valence-corrected chi connectivity index (χ0v) is 12.9. The topological polar surface area (TPSA) is 67.3 Å². The van der Waals surface area contributed by atoms with Crippen molar-refractivity contribution in [2.45, 2.75) is 19.4 Å². The van der Waals surface area contributed by atoms with Gasteiger partial charge in [0, 0.05) is 24.3 Å². The molecule has 0 aromatic carbocycles. The third kappa shape index (κ3) is 3.33. The van der Waals surface area contributed by atoms with Crippen LogP contribution in [0.25, 0.3) is 0 Å². The van der Waals surface area contributed by atoms with Gasteiger partial charge in [0.2, 0.25) is 0 Å². The largest absolute Gasteiger partial charge is 0.335 e. The maximum Gasteiger partial charge on any atom is 0.254 e. The molecule has 1 aliphatic rings. The lowest BCUT2D eigenvalue weighted by atomic mass is 10.1. The highest BCUT2D eigenvalue weighted by atomic mass is 79.9. The Balaban J connectivity index is 2.21. The van der Waals surface area contributed by atoms with E-state index in [4.69, 9.17) is 0 Å². The fraction of sp³-hybridized carbons (Fsp3) is 0.500. The van der Waals surface area contributed by atoms with E-state index in [0.717, 1.165) is 0 Å². The first-order valence-electron chi connectivity index (χ1n) is 6.06.